The van der Waals surface area contributed by atoms with Crippen LogP contribution in [-0.2, 0) is 16.6 Å². The number of carbonyl (C=O) groups excluding carboxylic acids is 3. The van der Waals surface area contributed by atoms with E-state index >= 15 is 0 Å². The standard InChI is InChI=1S/C22H20N4O6/c1-12-4-6-13(7-5-12)14(8-10-15-17(27)23-21(31)25(2)19(15)29)9-11-16-18(28)24-22(32)26(3)20(16)30/h4-11,29H,1-3H3,(H,23,27,31)(H,24,28,32)/p-1. The highest BCUT2D eigenvalue weighted by atomic mass is 16.3. The number of allylic oxidation sites excluding steroid dienone is 4. The quantitative estimate of drug-likeness (QED) is 0.398. The molecule has 10 nitrogen and oxygen atoms in total. The second kappa shape index (κ2) is 8.72. The van der Waals surface area contributed by atoms with Gasteiger partial charge in [0, 0.05) is 19.7 Å². The summed E-state index contributed by atoms with van der Waals surface area (Å²) in [5.74, 6) is -2.37. The van der Waals surface area contributed by atoms with Crippen LogP contribution in [-0.4, -0.2) is 39.3 Å². The Kier molecular flexibility index (Phi) is 6.06. The second-order valence-electron chi connectivity index (χ2n) is 7.06. The summed E-state index contributed by atoms with van der Waals surface area (Å²) in [5.41, 5.74) is -0.0386. The van der Waals surface area contributed by atoms with Crippen molar-refractivity contribution in [2.24, 2.45) is 7.05 Å². The highest BCUT2D eigenvalue weighted by molar-refractivity contribution is 6.28. The molecule has 10 heteroatoms. The van der Waals surface area contributed by atoms with Gasteiger partial charge in [-0.2, -0.15) is 0 Å². The first-order chi connectivity index (χ1) is 15.1. The summed E-state index contributed by atoms with van der Waals surface area (Å²) in [4.78, 5) is 62.4. The number of H-pyrrole nitrogens is 1. The maximum absolute atomic E-state index is 12.3. The molecule has 1 fully saturated rings. The third-order valence-electron chi connectivity index (χ3n) is 4.85. The van der Waals surface area contributed by atoms with E-state index in [1.807, 2.05) is 19.1 Å². The Balaban J connectivity index is 2.10. The molecule has 0 spiro atoms. The first-order valence-corrected chi connectivity index (χ1v) is 9.41. The van der Waals surface area contributed by atoms with Crippen LogP contribution in [0.5, 0.6) is 5.88 Å². The van der Waals surface area contributed by atoms with E-state index in [0.717, 1.165) is 15.0 Å². The van der Waals surface area contributed by atoms with Gasteiger partial charge in [0.1, 0.15) is 5.57 Å². The van der Waals surface area contributed by atoms with Gasteiger partial charge in [0.25, 0.3) is 17.4 Å². The van der Waals surface area contributed by atoms with E-state index in [1.54, 1.807) is 12.1 Å². The number of urea groups is 1. The summed E-state index contributed by atoms with van der Waals surface area (Å²) < 4.78 is 0.774. The van der Waals surface area contributed by atoms with E-state index in [1.165, 1.54) is 38.4 Å². The minimum atomic E-state index is -0.835. The second-order valence-corrected chi connectivity index (χ2v) is 7.06. The average Bonchev–Trinajstić information content (AvgIpc) is 2.75. The van der Waals surface area contributed by atoms with Crippen molar-refractivity contribution in [2.75, 3.05) is 7.05 Å². The lowest BCUT2D eigenvalue weighted by atomic mass is 10.0. The van der Waals surface area contributed by atoms with E-state index in [4.69, 9.17) is 0 Å². The van der Waals surface area contributed by atoms with Gasteiger partial charge >= 0.3 is 11.7 Å². The van der Waals surface area contributed by atoms with E-state index in [9.17, 15) is 29.1 Å². The van der Waals surface area contributed by atoms with Crippen LogP contribution < -0.4 is 21.7 Å². The number of nitrogens with zero attached hydrogens (tertiary/aromatic N) is 2. The SMILES string of the molecule is Cc1ccc(C(C=Cc2c([O-])n(C)c(=O)[nH]c2=O)=CC=C2C(=O)NC(=O)N(C)C2=O)cc1. The maximum Gasteiger partial charge on any atom is 0.331 e. The summed E-state index contributed by atoms with van der Waals surface area (Å²) in [6, 6.07) is 6.42. The molecule has 2 N–H and O–H groups in total. The number of likely N-dealkylation sites (N-methyl/N-ethyl adjacent to an activating group) is 1. The monoisotopic (exact) mass is 435 g/mol. The Hall–Kier alpha value is -4.47. The van der Waals surface area contributed by atoms with Gasteiger partial charge in [-0.3, -0.25) is 29.6 Å². The maximum atomic E-state index is 12.3. The van der Waals surface area contributed by atoms with Gasteiger partial charge in [0.05, 0.1) is 0 Å². The summed E-state index contributed by atoms with van der Waals surface area (Å²) in [7, 11) is 2.48. The lowest BCUT2D eigenvalue weighted by Crippen LogP contribution is -2.52. The molecule has 1 aliphatic heterocycles. The predicted octanol–water partition coefficient (Wildman–Crippen LogP) is 0.187. The molecule has 4 amide bonds. The van der Waals surface area contributed by atoms with Gasteiger partial charge in [0.2, 0.25) is 0 Å². The number of benzene rings is 1. The zero-order valence-corrected chi connectivity index (χ0v) is 17.5. The molecule has 32 heavy (non-hydrogen) atoms. The summed E-state index contributed by atoms with van der Waals surface area (Å²) >= 11 is 0. The topological polar surface area (TPSA) is 144 Å². The average molecular weight is 435 g/mol. The van der Waals surface area contributed by atoms with Crippen LogP contribution in [0.3, 0.4) is 0 Å². The summed E-state index contributed by atoms with van der Waals surface area (Å²) in [5, 5.41) is 14.3. The minimum absolute atomic E-state index is 0.255. The van der Waals surface area contributed by atoms with Crippen LogP contribution >= 0.6 is 0 Å². The number of amides is 4. The Morgan fingerprint density at radius 3 is 2.34 bits per heavy atom. The zero-order valence-electron chi connectivity index (χ0n) is 17.5. The van der Waals surface area contributed by atoms with Crippen molar-refractivity contribution in [2.45, 2.75) is 6.92 Å². The molecule has 0 saturated carbocycles. The predicted molar refractivity (Wildman–Crippen MR) is 114 cm³/mol. The third kappa shape index (κ3) is 4.33. The molecular weight excluding hydrogens is 416 g/mol. The van der Waals surface area contributed by atoms with Gasteiger partial charge in [0.15, 0.2) is 0 Å². The van der Waals surface area contributed by atoms with Crippen LogP contribution in [0.25, 0.3) is 11.6 Å². The number of barbiturate groups is 1. The summed E-state index contributed by atoms with van der Waals surface area (Å²) in [6.07, 6.45) is 5.42. The lowest BCUT2D eigenvalue weighted by molar-refractivity contribution is -0.279. The summed E-state index contributed by atoms with van der Waals surface area (Å²) in [6.45, 7) is 1.90. The number of imide groups is 2. The minimum Gasteiger partial charge on any atom is -0.859 e. The van der Waals surface area contributed by atoms with Crippen molar-refractivity contribution in [3.05, 3.63) is 85.6 Å². The van der Waals surface area contributed by atoms with Crippen molar-refractivity contribution < 1.29 is 19.5 Å². The van der Waals surface area contributed by atoms with Crippen LogP contribution in [0.2, 0.25) is 0 Å². The van der Waals surface area contributed by atoms with Crippen LogP contribution in [0, 0.1) is 6.92 Å². The van der Waals surface area contributed by atoms with Gasteiger partial charge in [-0.15, -0.1) is 0 Å². The Morgan fingerprint density at radius 1 is 1.03 bits per heavy atom. The zero-order chi connectivity index (χ0) is 23.6. The molecule has 1 aromatic carbocycles. The first-order valence-electron chi connectivity index (χ1n) is 9.41. The van der Waals surface area contributed by atoms with Gasteiger partial charge < -0.3 is 9.67 Å². The van der Waals surface area contributed by atoms with E-state index in [-0.39, 0.29) is 11.1 Å². The Morgan fingerprint density at radius 2 is 1.69 bits per heavy atom. The number of carbonyl (C=O) groups is 3. The van der Waals surface area contributed by atoms with E-state index < -0.39 is 35.0 Å². The van der Waals surface area contributed by atoms with Crippen molar-refractivity contribution in [1.29, 1.82) is 0 Å². The molecule has 164 valence electrons. The van der Waals surface area contributed by atoms with Crippen LogP contribution in [0.15, 0.2) is 57.7 Å². The molecule has 3 rings (SSSR count). The fraction of sp³-hybridized carbons (Fsp3) is 0.136. The highest BCUT2D eigenvalue weighted by Crippen LogP contribution is 2.20. The lowest BCUT2D eigenvalue weighted by Gasteiger charge is -2.22. The molecule has 0 aliphatic carbocycles. The van der Waals surface area contributed by atoms with E-state index in [0.29, 0.717) is 11.1 Å². The third-order valence-corrected chi connectivity index (χ3v) is 4.85. The number of aryl methyl sites for hydroxylation is 1. The molecular formula is C22H19N4O6-. The van der Waals surface area contributed by atoms with Gasteiger partial charge in [-0.25, -0.2) is 9.59 Å². The fourth-order valence-corrected chi connectivity index (χ4v) is 2.87. The highest BCUT2D eigenvalue weighted by Gasteiger charge is 2.32. The molecule has 1 aliphatic rings. The largest absolute Gasteiger partial charge is 0.859 e. The van der Waals surface area contributed by atoms with E-state index in [2.05, 4.69) is 10.3 Å². The number of rotatable bonds is 4. The molecule has 0 radical (unpaired) electrons. The molecule has 0 atom stereocenters. The van der Waals surface area contributed by atoms with Crippen molar-refractivity contribution in [3.63, 3.8) is 0 Å². The number of nitrogens with one attached hydrogen (secondary N) is 2. The first kappa shape index (κ1) is 22.2. The van der Waals surface area contributed by atoms with Crippen molar-refractivity contribution in [1.82, 2.24) is 19.8 Å². The van der Waals surface area contributed by atoms with Crippen molar-refractivity contribution >= 4 is 29.5 Å². The Labute approximate surface area is 181 Å². The number of aromatic nitrogens is 2. The fourth-order valence-electron chi connectivity index (χ4n) is 2.87. The molecule has 1 saturated heterocycles. The Bertz CT molecular complexity index is 1330. The van der Waals surface area contributed by atoms with Crippen molar-refractivity contribution in [3.8, 4) is 5.88 Å². The van der Waals surface area contributed by atoms with Crippen LogP contribution in [0.4, 0.5) is 4.79 Å². The number of aromatic amines is 1. The molecule has 2 aromatic rings. The smallest absolute Gasteiger partial charge is 0.331 e. The molecule has 2 heterocycles. The van der Waals surface area contributed by atoms with Crippen LogP contribution in [0.1, 0.15) is 16.7 Å². The molecule has 1 aromatic heterocycles. The normalized spacial score (nSPS) is 16.2. The molecule has 0 unspecified atom stereocenters. The molecule has 0 bridgehead atoms. The number of hydrogen-bond acceptors (Lipinski definition) is 6. The van der Waals surface area contributed by atoms with Gasteiger partial charge in [-0.1, -0.05) is 42.0 Å². The van der Waals surface area contributed by atoms with Gasteiger partial charge in [-0.05, 0) is 36.1 Å². The number of hydrogen-bond donors (Lipinski definition) is 2.